The molecular formula is C23H25N7O3. The number of aromatic nitrogens is 4. The lowest BCUT2D eigenvalue weighted by atomic mass is 9.77. The summed E-state index contributed by atoms with van der Waals surface area (Å²) in [7, 11) is 0. The molecule has 4 heterocycles. The summed E-state index contributed by atoms with van der Waals surface area (Å²) in [4.78, 5) is 47.4. The average molecular weight is 447 g/mol. The summed E-state index contributed by atoms with van der Waals surface area (Å²) in [5.74, 6) is 0.797. The Bertz CT molecular complexity index is 1310. The minimum Gasteiger partial charge on any atom is -0.352 e. The number of hydrogen-bond donors (Lipinski definition) is 4. The molecule has 2 fully saturated rings. The van der Waals surface area contributed by atoms with Crippen molar-refractivity contribution < 1.29 is 9.59 Å². The SMILES string of the molecule is O=C(NC1CCC2CCN(c3nc4[nH]ncc4c(=O)[nH]3)C1C2)c1ccc2c(c1)C(=O)NCC2. The maximum atomic E-state index is 13.2. The Morgan fingerprint density at radius 2 is 2.09 bits per heavy atom. The zero-order valence-corrected chi connectivity index (χ0v) is 18.1. The number of fused-ring (bicyclic) bond motifs is 4. The molecule has 2 bridgehead atoms. The van der Waals surface area contributed by atoms with Gasteiger partial charge in [0.2, 0.25) is 5.95 Å². The van der Waals surface area contributed by atoms with Crippen molar-refractivity contribution >= 4 is 28.8 Å². The predicted octanol–water partition coefficient (Wildman–Crippen LogP) is 1.11. The van der Waals surface area contributed by atoms with Crippen molar-refractivity contribution in [2.24, 2.45) is 5.92 Å². The number of piperidine rings is 1. The fraction of sp³-hybridized carbons (Fsp3) is 0.435. The van der Waals surface area contributed by atoms with Gasteiger partial charge in [-0.1, -0.05) is 6.07 Å². The largest absolute Gasteiger partial charge is 0.352 e. The molecule has 4 N–H and O–H groups in total. The number of nitrogens with zero attached hydrogens (tertiary/aromatic N) is 3. The van der Waals surface area contributed by atoms with Gasteiger partial charge in [-0.25, -0.2) is 0 Å². The summed E-state index contributed by atoms with van der Waals surface area (Å²) in [6.45, 7) is 1.39. The van der Waals surface area contributed by atoms with Crippen LogP contribution >= 0.6 is 0 Å². The first kappa shape index (κ1) is 20.0. The van der Waals surface area contributed by atoms with Crippen molar-refractivity contribution in [3.05, 3.63) is 51.4 Å². The molecule has 1 aromatic carbocycles. The van der Waals surface area contributed by atoms with Crippen LogP contribution in [0.15, 0.2) is 29.2 Å². The van der Waals surface area contributed by atoms with Crippen LogP contribution in [-0.2, 0) is 6.42 Å². The van der Waals surface area contributed by atoms with Crippen molar-refractivity contribution in [3.8, 4) is 0 Å². The van der Waals surface area contributed by atoms with E-state index in [2.05, 4.69) is 35.7 Å². The van der Waals surface area contributed by atoms with E-state index in [1.165, 1.54) is 6.20 Å². The van der Waals surface area contributed by atoms with Gasteiger partial charge in [0.1, 0.15) is 5.39 Å². The Hall–Kier alpha value is -3.69. The molecule has 6 rings (SSSR count). The van der Waals surface area contributed by atoms with E-state index in [4.69, 9.17) is 0 Å². The van der Waals surface area contributed by atoms with Crippen molar-refractivity contribution in [1.82, 2.24) is 30.8 Å². The van der Waals surface area contributed by atoms with Crippen LogP contribution in [0.5, 0.6) is 0 Å². The number of rotatable bonds is 3. The first-order chi connectivity index (χ1) is 16.1. The van der Waals surface area contributed by atoms with E-state index < -0.39 is 0 Å². The maximum Gasteiger partial charge on any atom is 0.263 e. The summed E-state index contributed by atoms with van der Waals surface area (Å²) < 4.78 is 0. The minimum atomic E-state index is -0.227. The van der Waals surface area contributed by atoms with E-state index in [1.807, 2.05) is 6.07 Å². The van der Waals surface area contributed by atoms with Crippen molar-refractivity contribution in [1.29, 1.82) is 0 Å². The van der Waals surface area contributed by atoms with Gasteiger partial charge >= 0.3 is 0 Å². The smallest absolute Gasteiger partial charge is 0.263 e. The number of carbonyl (C=O) groups is 2. The summed E-state index contributed by atoms with van der Waals surface area (Å²) in [6, 6.07) is 5.31. The molecule has 2 amide bonds. The van der Waals surface area contributed by atoms with E-state index in [-0.39, 0.29) is 29.5 Å². The van der Waals surface area contributed by atoms with Gasteiger partial charge in [0.25, 0.3) is 17.4 Å². The van der Waals surface area contributed by atoms with Gasteiger partial charge in [0.15, 0.2) is 5.65 Å². The van der Waals surface area contributed by atoms with Gasteiger partial charge in [-0.15, -0.1) is 0 Å². The molecule has 1 saturated carbocycles. The molecule has 2 aliphatic heterocycles. The normalized spacial score (nSPS) is 24.3. The van der Waals surface area contributed by atoms with Crippen LogP contribution in [0, 0.1) is 5.92 Å². The number of carbonyl (C=O) groups excluding carboxylic acids is 2. The Morgan fingerprint density at radius 1 is 1.18 bits per heavy atom. The monoisotopic (exact) mass is 447 g/mol. The average Bonchev–Trinajstić information content (AvgIpc) is 3.30. The van der Waals surface area contributed by atoms with E-state index in [0.717, 1.165) is 44.2 Å². The number of H-pyrrole nitrogens is 2. The van der Waals surface area contributed by atoms with Gasteiger partial charge in [-0.3, -0.25) is 24.5 Å². The molecule has 170 valence electrons. The van der Waals surface area contributed by atoms with Crippen LogP contribution in [0.4, 0.5) is 5.95 Å². The highest BCUT2D eigenvalue weighted by molar-refractivity contribution is 6.01. The second kappa shape index (κ2) is 7.72. The molecule has 0 spiro atoms. The highest BCUT2D eigenvalue weighted by atomic mass is 16.2. The van der Waals surface area contributed by atoms with Crippen LogP contribution in [-0.4, -0.2) is 57.2 Å². The second-order valence-corrected chi connectivity index (χ2v) is 9.21. The number of amides is 2. The fourth-order valence-corrected chi connectivity index (χ4v) is 5.53. The van der Waals surface area contributed by atoms with Crippen LogP contribution < -0.4 is 21.1 Å². The lowest BCUT2D eigenvalue weighted by Gasteiger charge is -2.47. The zero-order chi connectivity index (χ0) is 22.5. The predicted molar refractivity (Wildman–Crippen MR) is 121 cm³/mol. The van der Waals surface area contributed by atoms with Gasteiger partial charge in [-0.05, 0) is 55.7 Å². The Labute approximate surface area is 189 Å². The standard InChI is InChI=1S/C23H25N7O3/c31-20(14-3-2-13-5-7-24-21(32)15(13)10-14)26-17-4-1-12-6-8-30(18(17)9-12)23-27-19-16(11-25-29-19)22(33)28-23/h2-3,10-12,17-18H,1,4-9H2,(H,24,32)(H,26,31)(H2,25,27,28,29,33). The zero-order valence-electron chi connectivity index (χ0n) is 18.1. The lowest BCUT2D eigenvalue weighted by molar-refractivity contribution is 0.0901. The molecule has 1 aliphatic carbocycles. The molecule has 3 unspecified atom stereocenters. The van der Waals surface area contributed by atoms with E-state index in [1.54, 1.807) is 12.1 Å². The summed E-state index contributed by atoms with van der Waals surface area (Å²) >= 11 is 0. The van der Waals surface area contributed by atoms with Crippen LogP contribution in [0.2, 0.25) is 0 Å². The summed E-state index contributed by atoms with van der Waals surface area (Å²) in [6.07, 6.45) is 6.13. The molecule has 0 radical (unpaired) electrons. The van der Waals surface area contributed by atoms with Crippen molar-refractivity contribution in [3.63, 3.8) is 0 Å². The molecule has 10 nitrogen and oxygen atoms in total. The van der Waals surface area contributed by atoms with Gasteiger partial charge in [0, 0.05) is 30.3 Å². The molecule has 2 aromatic heterocycles. The van der Waals surface area contributed by atoms with Gasteiger partial charge in [0.05, 0.1) is 12.2 Å². The third-order valence-electron chi connectivity index (χ3n) is 7.30. The van der Waals surface area contributed by atoms with Gasteiger partial charge < -0.3 is 15.5 Å². The van der Waals surface area contributed by atoms with E-state index in [9.17, 15) is 14.4 Å². The van der Waals surface area contributed by atoms with E-state index in [0.29, 0.717) is 40.6 Å². The van der Waals surface area contributed by atoms with Crippen LogP contribution in [0.3, 0.4) is 0 Å². The molecule has 3 atom stereocenters. The quantitative estimate of drug-likeness (QED) is 0.475. The summed E-state index contributed by atoms with van der Waals surface area (Å²) in [5, 5.41) is 13.2. The second-order valence-electron chi connectivity index (χ2n) is 9.21. The highest BCUT2D eigenvalue weighted by Crippen LogP contribution is 2.36. The molecular weight excluding hydrogens is 422 g/mol. The lowest BCUT2D eigenvalue weighted by Crippen LogP contribution is -2.58. The first-order valence-corrected chi connectivity index (χ1v) is 11.5. The third kappa shape index (κ3) is 3.46. The Kier molecular flexibility index (Phi) is 4.67. The van der Waals surface area contributed by atoms with E-state index >= 15 is 0 Å². The number of hydrogen-bond acceptors (Lipinski definition) is 6. The molecule has 1 saturated heterocycles. The topological polar surface area (TPSA) is 136 Å². The number of aromatic amines is 2. The maximum absolute atomic E-state index is 13.2. The summed E-state index contributed by atoms with van der Waals surface area (Å²) in [5.41, 5.74) is 2.26. The molecule has 3 aliphatic rings. The Balaban J connectivity index is 1.27. The number of anilines is 1. The van der Waals surface area contributed by atoms with Gasteiger partial charge in [-0.2, -0.15) is 10.1 Å². The van der Waals surface area contributed by atoms with Crippen LogP contribution in [0.1, 0.15) is 52.0 Å². The van der Waals surface area contributed by atoms with Crippen molar-refractivity contribution in [2.75, 3.05) is 18.0 Å². The first-order valence-electron chi connectivity index (χ1n) is 11.5. The molecule has 33 heavy (non-hydrogen) atoms. The fourth-order valence-electron chi connectivity index (χ4n) is 5.53. The number of nitrogens with one attached hydrogen (secondary N) is 4. The highest BCUT2D eigenvalue weighted by Gasteiger charge is 2.40. The molecule has 3 aromatic rings. The molecule has 10 heteroatoms. The Morgan fingerprint density at radius 3 is 3.00 bits per heavy atom. The minimum absolute atomic E-state index is 0.0332. The van der Waals surface area contributed by atoms with Crippen molar-refractivity contribution in [2.45, 2.75) is 44.2 Å². The number of benzene rings is 1. The third-order valence-corrected chi connectivity index (χ3v) is 7.30. The van der Waals surface area contributed by atoms with Crippen LogP contribution in [0.25, 0.3) is 11.0 Å².